The fraction of sp³-hybridized carbons (Fsp3) is 0.310. The van der Waals surface area contributed by atoms with E-state index in [1.54, 1.807) is 38.4 Å². The highest BCUT2D eigenvalue weighted by molar-refractivity contribution is 6.25. The van der Waals surface area contributed by atoms with Crippen LogP contribution in [0.5, 0.6) is 11.5 Å². The Hall–Kier alpha value is -4.48. The second-order valence-corrected chi connectivity index (χ2v) is 10.5. The number of carbonyl (C=O) groups is 4. The first-order valence-corrected chi connectivity index (χ1v) is 12.5. The highest BCUT2D eigenvalue weighted by atomic mass is 16.5. The van der Waals surface area contributed by atoms with E-state index in [0.29, 0.717) is 34.3 Å². The van der Waals surface area contributed by atoms with Crippen molar-refractivity contribution in [2.24, 2.45) is 17.6 Å². The van der Waals surface area contributed by atoms with Crippen LogP contribution in [0.3, 0.4) is 0 Å². The van der Waals surface area contributed by atoms with Crippen LogP contribution in [0.4, 0.5) is 0 Å². The smallest absolute Gasteiger partial charge is 0.255 e. The number of Topliss-reactive ketones (excluding diaryl/α,β-unsaturated/α-hetero) is 2. The maximum Gasteiger partial charge on any atom is 0.255 e. The summed E-state index contributed by atoms with van der Waals surface area (Å²) in [4.78, 5) is 52.4. The van der Waals surface area contributed by atoms with Crippen LogP contribution in [-0.2, 0) is 16.0 Å². The standard InChI is InChI=1S/C29H28N2O9/c1-31(2)23-17-10-13-9-16-14(15-8-12(11-32)4-7-19(15)40-3)5-6-18(33)21(16)24(34)20(13)26(36)29(17,39)27(37)22(25(23)35)28(30)38/h4-8,11,13,17,23,33,35-36,39H,9-10H2,1-3H3,(H2,30,38). The second kappa shape index (κ2) is 9.32. The van der Waals surface area contributed by atoms with Crippen LogP contribution in [-0.4, -0.2) is 81.9 Å². The van der Waals surface area contributed by atoms with Gasteiger partial charge in [0.1, 0.15) is 34.9 Å². The number of aliphatic hydroxyl groups excluding tert-OH is 2. The maximum atomic E-state index is 13.9. The molecule has 0 heterocycles. The van der Waals surface area contributed by atoms with Crippen LogP contribution in [0.25, 0.3) is 11.1 Å². The monoisotopic (exact) mass is 548 g/mol. The molecule has 5 rings (SSSR count). The molecular formula is C29H28N2O9. The number of aldehydes is 1. The third-order valence-electron chi connectivity index (χ3n) is 8.26. The van der Waals surface area contributed by atoms with Gasteiger partial charge in [-0.25, -0.2) is 0 Å². The second-order valence-electron chi connectivity index (χ2n) is 10.5. The van der Waals surface area contributed by atoms with E-state index in [9.17, 15) is 39.6 Å². The number of amides is 1. The molecule has 0 spiro atoms. The van der Waals surface area contributed by atoms with Gasteiger partial charge in [0.05, 0.1) is 18.7 Å². The summed E-state index contributed by atoms with van der Waals surface area (Å²) in [5.74, 6) is -6.76. The molecule has 11 nitrogen and oxygen atoms in total. The number of ketones is 2. The first-order valence-electron chi connectivity index (χ1n) is 12.5. The molecule has 0 aliphatic heterocycles. The Balaban J connectivity index is 1.74. The van der Waals surface area contributed by atoms with Gasteiger partial charge in [0.15, 0.2) is 11.4 Å². The van der Waals surface area contributed by atoms with Crippen LogP contribution in [0.1, 0.15) is 32.7 Å². The Labute approximate surface area is 228 Å². The normalized spacial score (nSPS) is 25.9. The number of phenols is 1. The number of rotatable bonds is 5. The molecule has 11 heteroatoms. The maximum absolute atomic E-state index is 13.9. The third-order valence-corrected chi connectivity index (χ3v) is 8.26. The van der Waals surface area contributed by atoms with E-state index in [1.165, 1.54) is 18.1 Å². The molecule has 3 aliphatic carbocycles. The highest BCUT2D eigenvalue weighted by Gasteiger charge is 2.63. The lowest BCUT2D eigenvalue weighted by atomic mass is 9.58. The minimum atomic E-state index is -2.71. The Kier molecular flexibility index (Phi) is 6.31. The molecule has 4 atom stereocenters. The van der Waals surface area contributed by atoms with Crippen molar-refractivity contribution in [2.45, 2.75) is 24.5 Å². The number of aliphatic hydroxyl groups is 3. The van der Waals surface area contributed by atoms with E-state index in [0.717, 1.165) is 0 Å². The van der Waals surface area contributed by atoms with Crippen molar-refractivity contribution in [1.29, 1.82) is 0 Å². The lowest BCUT2D eigenvalue weighted by Crippen LogP contribution is -2.63. The molecular weight excluding hydrogens is 520 g/mol. The van der Waals surface area contributed by atoms with Gasteiger partial charge >= 0.3 is 0 Å². The van der Waals surface area contributed by atoms with Crippen LogP contribution < -0.4 is 10.5 Å². The number of allylic oxidation sites excluding steroid dienone is 1. The lowest BCUT2D eigenvalue weighted by molar-refractivity contribution is -0.148. The number of aromatic hydroxyl groups is 1. The highest BCUT2D eigenvalue weighted by Crippen LogP contribution is 2.53. The number of primary amides is 1. The zero-order chi connectivity index (χ0) is 29.3. The van der Waals surface area contributed by atoms with E-state index in [2.05, 4.69) is 0 Å². The molecule has 0 saturated carbocycles. The SMILES string of the molecule is COc1ccc(C=O)cc1-c1ccc(O)c2c1CC1CC3C(N(C)C)C(O)=C(C(N)=O)C(=O)C3(O)C(O)=C1C2=O. The topological polar surface area (TPSA) is 188 Å². The number of fused-ring (bicyclic) bond motifs is 3. The molecule has 0 fully saturated rings. The predicted octanol–water partition coefficient (Wildman–Crippen LogP) is 1.61. The van der Waals surface area contributed by atoms with E-state index >= 15 is 0 Å². The number of hydrogen-bond acceptors (Lipinski definition) is 10. The minimum absolute atomic E-state index is 0.0353. The molecule has 6 N–H and O–H groups in total. The molecule has 1 amide bonds. The van der Waals surface area contributed by atoms with E-state index in [1.807, 2.05) is 0 Å². The van der Waals surface area contributed by atoms with Gasteiger partial charge in [-0.3, -0.25) is 24.1 Å². The number of carbonyl (C=O) groups excluding carboxylic acids is 4. The quantitative estimate of drug-likeness (QED) is 0.271. The Morgan fingerprint density at radius 1 is 1.12 bits per heavy atom. The fourth-order valence-corrected chi connectivity index (χ4v) is 6.51. The van der Waals surface area contributed by atoms with Gasteiger partial charge in [0, 0.05) is 22.6 Å². The van der Waals surface area contributed by atoms with Gasteiger partial charge in [0.25, 0.3) is 5.91 Å². The number of methoxy groups -OCH3 is 1. The molecule has 0 aromatic heterocycles. The van der Waals surface area contributed by atoms with Crippen molar-refractivity contribution >= 4 is 23.8 Å². The lowest BCUT2D eigenvalue weighted by Gasteiger charge is -2.50. The summed E-state index contributed by atoms with van der Waals surface area (Å²) in [6.45, 7) is 0. The van der Waals surface area contributed by atoms with E-state index in [4.69, 9.17) is 10.5 Å². The molecule has 40 heavy (non-hydrogen) atoms. The molecule has 4 unspecified atom stereocenters. The average Bonchev–Trinajstić information content (AvgIpc) is 2.90. The van der Waals surface area contributed by atoms with Gasteiger partial charge in [-0.05, 0) is 68.2 Å². The minimum Gasteiger partial charge on any atom is -0.510 e. The van der Waals surface area contributed by atoms with E-state index < -0.39 is 58.0 Å². The first kappa shape index (κ1) is 27.1. The van der Waals surface area contributed by atoms with Gasteiger partial charge in [0.2, 0.25) is 5.78 Å². The number of likely N-dealkylation sites (N-methyl/N-ethyl adjacent to an activating group) is 1. The molecule has 2 aromatic rings. The van der Waals surface area contributed by atoms with Gasteiger partial charge < -0.3 is 30.9 Å². The van der Waals surface area contributed by atoms with Gasteiger partial charge in [-0.2, -0.15) is 0 Å². The van der Waals surface area contributed by atoms with Crippen LogP contribution in [0, 0.1) is 11.8 Å². The summed E-state index contributed by atoms with van der Waals surface area (Å²) in [6.07, 6.45) is 0.739. The molecule has 0 bridgehead atoms. The fourth-order valence-electron chi connectivity index (χ4n) is 6.51. The third kappa shape index (κ3) is 3.58. The molecule has 3 aliphatic rings. The van der Waals surface area contributed by atoms with Crippen molar-refractivity contribution in [1.82, 2.24) is 4.90 Å². The summed E-state index contributed by atoms with van der Waals surface area (Å²) in [5, 5.41) is 44.8. The Morgan fingerprint density at radius 2 is 1.82 bits per heavy atom. The summed E-state index contributed by atoms with van der Waals surface area (Å²) >= 11 is 0. The van der Waals surface area contributed by atoms with Gasteiger partial charge in [-0.1, -0.05) is 6.07 Å². The summed E-state index contributed by atoms with van der Waals surface area (Å²) in [5.41, 5.74) is 3.23. The van der Waals surface area contributed by atoms with Crippen molar-refractivity contribution < 1.29 is 44.3 Å². The zero-order valence-corrected chi connectivity index (χ0v) is 22.0. The number of nitrogens with zero attached hydrogens (tertiary/aromatic N) is 1. The Bertz CT molecular complexity index is 1570. The summed E-state index contributed by atoms with van der Waals surface area (Å²) < 4.78 is 5.49. The zero-order valence-electron chi connectivity index (χ0n) is 22.0. The van der Waals surface area contributed by atoms with Crippen molar-refractivity contribution in [2.75, 3.05) is 21.2 Å². The van der Waals surface area contributed by atoms with Crippen LogP contribution in [0.2, 0.25) is 0 Å². The van der Waals surface area contributed by atoms with Crippen molar-refractivity contribution in [3.8, 4) is 22.6 Å². The largest absolute Gasteiger partial charge is 0.510 e. The summed E-state index contributed by atoms with van der Waals surface area (Å²) in [7, 11) is 4.59. The summed E-state index contributed by atoms with van der Waals surface area (Å²) in [6, 6.07) is 6.61. The molecule has 0 radical (unpaired) electrons. The number of phenolic OH excluding ortho intramolecular Hbond substituents is 1. The van der Waals surface area contributed by atoms with E-state index in [-0.39, 0.29) is 29.7 Å². The number of benzene rings is 2. The van der Waals surface area contributed by atoms with Crippen molar-refractivity contribution in [3.05, 3.63) is 69.7 Å². The Morgan fingerprint density at radius 3 is 2.42 bits per heavy atom. The molecule has 208 valence electrons. The number of hydrogen-bond donors (Lipinski definition) is 5. The van der Waals surface area contributed by atoms with Crippen LogP contribution >= 0.6 is 0 Å². The number of nitrogens with two attached hydrogens (primary N) is 1. The van der Waals surface area contributed by atoms with Crippen molar-refractivity contribution in [3.63, 3.8) is 0 Å². The first-order chi connectivity index (χ1) is 18.9. The molecule has 0 saturated heterocycles. The number of ether oxygens (including phenoxy) is 1. The average molecular weight is 549 g/mol. The molecule has 2 aromatic carbocycles. The van der Waals surface area contributed by atoms with Crippen LogP contribution in [0.15, 0.2) is 53.0 Å². The van der Waals surface area contributed by atoms with Gasteiger partial charge in [-0.15, -0.1) is 0 Å². The predicted molar refractivity (Wildman–Crippen MR) is 141 cm³/mol.